The fraction of sp³-hybridized carbons (Fsp3) is 0.267. The van der Waals surface area contributed by atoms with Crippen LogP contribution in [0, 0.1) is 0 Å². The summed E-state index contributed by atoms with van der Waals surface area (Å²) in [4.78, 5) is 7.54. The zero-order chi connectivity index (χ0) is 17.4. The van der Waals surface area contributed by atoms with Gasteiger partial charge in [0.2, 0.25) is 5.76 Å². The van der Waals surface area contributed by atoms with Gasteiger partial charge in [-0.2, -0.15) is 0 Å². The van der Waals surface area contributed by atoms with Crippen molar-refractivity contribution in [3.63, 3.8) is 0 Å². The minimum Gasteiger partial charge on any atom is -0.322 e. The molecule has 9 heteroatoms. The molecule has 2 aromatic rings. The van der Waals surface area contributed by atoms with Gasteiger partial charge in [0, 0.05) is 22.9 Å². The van der Waals surface area contributed by atoms with E-state index in [0.29, 0.717) is 10.7 Å². The van der Waals surface area contributed by atoms with E-state index >= 15 is 0 Å². The van der Waals surface area contributed by atoms with Gasteiger partial charge < -0.3 is 4.57 Å². The maximum Gasteiger partial charge on any atom is 0.213 e. The Kier molecular flexibility index (Phi) is 4.53. The summed E-state index contributed by atoms with van der Waals surface area (Å²) in [5, 5.41) is 0.424. The molecule has 1 aromatic heterocycles. The monoisotopic (exact) mass is 362 g/mol. The first-order valence-electron chi connectivity index (χ1n) is 6.85. The Morgan fingerprint density at radius 1 is 1.17 bits per heavy atom. The lowest BCUT2D eigenvalue weighted by atomic mass is 10.0. The summed E-state index contributed by atoms with van der Waals surface area (Å²) >= 11 is 0.925. The lowest BCUT2D eigenvalue weighted by Gasteiger charge is -2.21. The molecule has 2 unspecified atom stereocenters. The summed E-state index contributed by atoms with van der Waals surface area (Å²) < 4.78 is 68.4. The van der Waals surface area contributed by atoms with Gasteiger partial charge in [0.15, 0.2) is 23.3 Å². The lowest BCUT2D eigenvalue weighted by molar-refractivity contribution is -0.0862. The maximum absolute atomic E-state index is 13.9. The molecule has 1 aliphatic carbocycles. The number of halogens is 5. The smallest absolute Gasteiger partial charge is 0.213 e. The number of benzene rings is 1. The van der Waals surface area contributed by atoms with Crippen LogP contribution in [-0.4, -0.2) is 27.6 Å². The highest BCUT2D eigenvalue weighted by atomic mass is 32.2. The lowest BCUT2D eigenvalue weighted by Crippen LogP contribution is -2.26. The number of alkyl halides is 2. The third-order valence-electron chi connectivity index (χ3n) is 3.69. The molecule has 0 N–H and O–H groups in total. The van der Waals surface area contributed by atoms with E-state index in [9.17, 15) is 22.1 Å². The molecule has 0 spiro atoms. The number of hydrogen-bond donors (Lipinski definition) is 0. The molecular formula is C15H11F5N2OS. The second kappa shape index (κ2) is 6.46. The second-order valence-corrected chi connectivity index (χ2v) is 6.06. The highest BCUT2D eigenvalue weighted by molar-refractivity contribution is 7.99. The fourth-order valence-electron chi connectivity index (χ4n) is 2.41. The first kappa shape index (κ1) is 16.8. The van der Waals surface area contributed by atoms with Crippen molar-refractivity contribution < 1.29 is 27.0 Å². The molecule has 0 saturated heterocycles. The van der Waals surface area contributed by atoms with Gasteiger partial charge in [-0.25, -0.2) is 22.5 Å². The number of nitrogens with zero attached hydrogens (tertiary/aromatic N) is 2. The molecule has 0 aliphatic heterocycles. The molecule has 128 valence electrons. The number of allylic oxidation sites excluding steroid dienone is 3. The number of fused-ring (bicyclic) bond motifs is 1. The predicted molar refractivity (Wildman–Crippen MR) is 79.7 cm³/mol. The Morgan fingerprint density at radius 2 is 1.83 bits per heavy atom. The quantitative estimate of drug-likeness (QED) is 0.585. The number of hydrogen-bond acceptors (Lipinski definition) is 3. The van der Waals surface area contributed by atoms with Crippen molar-refractivity contribution in [2.45, 2.75) is 17.5 Å². The Hall–Kier alpha value is -2.03. The molecule has 24 heavy (non-hydrogen) atoms. The molecule has 3 rings (SSSR count). The SMILES string of the molecule is Cn1c(SCC2=C(F)C(F)C(F)C(F)=C2OF)nc2ccccc21. The van der Waals surface area contributed by atoms with Crippen LogP contribution in [0.3, 0.4) is 0 Å². The van der Waals surface area contributed by atoms with E-state index in [1.807, 2.05) is 12.1 Å². The fourth-order valence-corrected chi connectivity index (χ4v) is 3.41. The largest absolute Gasteiger partial charge is 0.322 e. The Balaban J connectivity index is 1.90. The third kappa shape index (κ3) is 2.66. The van der Waals surface area contributed by atoms with Gasteiger partial charge in [0.05, 0.1) is 11.0 Å². The van der Waals surface area contributed by atoms with E-state index in [2.05, 4.69) is 9.93 Å². The highest BCUT2D eigenvalue weighted by Crippen LogP contribution is 2.39. The van der Waals surface area contributed by atoms with Gasteiger partial charge in [-0.3, -0.25) is 4.94 Å². The zero-order valence-corrected chi connectivity index (χ0v) is 13.1. The van der Waals surface area contributed by atoms with Crippen LogP contribution in [0.4, 0.5) is 22.1 Å². The van der Waals surface area contributed by atoms with Crippen LogP contribution < -0.4 is 0 Å². The van der Waals surface area contributed by atoms with Gasteiger partial charge in [-0.1, -0.05) is 23.9 Å². The van der Waals surface area contributed by atoms with Crippen molar-refractivity contribution in [1.82, 2.24) is 9.55 Å². The molecule has 0 bridgehead atoms. The minimum atomic E-state index is -2.92. The van der Waals surface area contributed by atoms with Crippen molar-refractivity contribution in [2.75, 3.05) is 5.75 Å². The number of para-hydroxylation sites is 2. The molecule has 3 nitrogen and oxygen atoms in total. The van der Waals surface area contributed by atoms with Crippen LogP contribution in [0.1, 0.15) is 0 Å². The number of aryl methyl sites for hydroxylation is 1. The van der Waals surface area contributed by atoms with Gasteiger partial charge >= 0.3 is 0 Å². The maximum atomic E-state index is 13.9. The van der Waals surface area contributed by atoms with Gasteiger partial charge in [-0.15, -0.1) is 0 Å². The topological polar surface area (TPSA) is 27.1 Å². The van der Waals surface area contributed by atoms with Crippen LogP contribution in [-0.2, 0) is 12.0 Å². The van der Waals surface area contributed by atoms with E-state index < -0.39 is 35.3 Å². The molecular weight excluding hydrogens is 351 g/mol. The second-order valence-electron chi connectivity index (χ2n) is 5.12. The minimum absolute atomic E-state index is 0.372. The van der Waals surface area contributed by atoms with Gasteiger partial charge in [-0.05, 0) is 12.1 Å². The molecule has 0 amide bonds. The first-order valence-corrected chi connectivity index (χ1v) is 7.83. The van der Waals surface area contributed by atoms with Crippen molar-refractivity contribution in [3.8, 4) is 0 Å². The Bertz CT molecular complexity index is 848. The van der Waals surface area contributed by atoms with Crippen molar-refractivity contribution in [3.05, 3.63) is 47.3 Å². The summed E-state index contributed by atoms with van der Waals surface area (Å²) in [6.07, 6.45) is -5.74. The van der Waals surface area contributed by atoms with Crippen LogP contribution in [0.5, 0.6) is 0 Å². The van der Waals surface area contributed by atoms with E-state index in [1.165, 1.54) is 0 Å². The molecule has 0 radical (unpaired) electrons. The normalized spacial score (nSPS) is 21.8. The number of thioether (sulfide) groups is 1. The molecule has 1 heterocycles. The number of imidazole rings is 1. The average Bonchev–Trinajstić information content (AvgIpc) is 2.91. The Labute approximate surface area is 137 Å². The summed E-state index contributed by atoms with van der Waals surface area (Å²) in [6.45, 7) is 0. The molecule has 2 atom stereocenters. The van der Waals surface area contributed by atoms with Gasteiger partial charge in [0.25, 0.3) is 0 Å². The standard InChI is InChI=1S/C15H11F5N2OS/c1-22-9-5-3-2-4-8(9)21-15(22)24-6-7-10(16)11(17)12(18)13(19)14(7)23-20/h2-5,11-12H,6H2,1H3. The van der Waals surface area contributed by atoms with Crippen molar-refractivity contribution in [2.24, 2.45) is 7.05 Å². The van der Waals surface area contributed by atoms with Crippen molar-refractivity contribution in [1.29, 1.82) is 0 Å². The van der Waals surface area contributed by atoms with Gasteiger partial charge in [0.1, 0.15) is 5.83 Å². The van der Waals surface area contributed by atoms with Crippen LogP contribution in [0.25, 0.3) is 11.0 Å². The van der Waals surface area contributed by atoms with Crippen LogP contribution in [0.15, 0.2) is 52.4 Å². The van der Waals surface area contributed by atoms with E-state index in [1.54, 1.807) is 23.7 Å². The van der Waals surface area contributed by atoms with E-state index in [0.717, 1.165) is 17.3 Å². The van der Waals surface area contributed by atoms with E-state index in [4.69, 9.17) is 0 Å². The molecule has 0 saturated carbocycles. The van der Waals surface area contributed by atoms with Crippen molar-refractivity contribution >= 4 is 22.8 Å². The Morgan fingerprint density at radius 3 is 2.50 bits per heavy atom. The first-order chi connectivity index (χ1) is 11.5. The number of aromatic nitrogens is 2. The summed E-state index contributed by atoms with van der Waals surface area (Å²) in [5.74, 6) is -5.00. The average molecular weight is 362 g/mol. The predicted octanol–water partition coefficient (Wildman–Crippen LogP) is 4.66. The zero-order valence-electron chi connectivity index (χ0n) is 12.3. The third-order valence-corrected chi connectivity index (χ3v) is 4.75. The summed E-state index contributed by atoms with van der Waals surface area (Å²) in [5.41, 5.74) is 0.777. The number of rotatable bonds is 4. The van der Waals surface area contributed by atoms with Crippen LogP contribution in [0.2, 0.25) is 0 Å². The van der Waals surface area contributed by atoms with Crippen LogP contribution >= 0.6 is 11.8 Å². The summed E-state index contributed by atoms with van der Waals surface area (Å²) in [6, 6.07) is 7.17. The molecule has 1 aromatic carbocycles. The highest BCUT2D eigenvalue weighted by Gasteiger charge is 2.41. The molecule has 1 aliphatic rings. The summed E-state index contributed by atoms with van der Waals surface area (Å²) in [7, 11) is 1.71. The van der Waals surface area contributed by atoms with E-state index in [-0.39, 0.29) is 5.75 Å². The molecule has 0 fully saturated rings.